The van der Waals surface area contributed by atoms with Crippen molar-refractivity contribution in [3.63, 3.8) is 0 Å². The zero-order chi connectivity index (χ0) is 19.7. The lowest BCUT2D eigenvalue weighted by Gasteiger charge is -2.09. The number of anilines is 1. The van der Waals surface area contributed by atoms with E-state index < -0.39 is 9.84 Å². The summed E-state index contributed by atoms with van der Waals surface area (Å²) in [6.45, 7) is 2.50. The summed E-state index contributed by atoms with van der Waals surface area (Å²) >= 11 is 1.46. The number of fused-ring (bicyclic) bond motifs is 1. The van der Waals surface area contributed by atoms with E-state index in [-0.39, 0.29) is 28.7 Å². The fourth-order valence-corrected chi connectivity index (χ4v) is 6.94. The number of rotatable bonds is 4. The highest BCUT2D eigenvalue weighted by atomic mass is 32.2. The topological polar surface area (TPSA) is 87.6 Å². The van der Waals surface area contributed by atoms with Crippen LogP contribution in [0.3, 0.4) is 0 Å². The second kappa shape index (κ2) is 7.60. The summed E-state index contributed by atoms with van der Waals surface area (Å²) < 4.78 is 23.3. The van der Waals surface area contributed by atoms with E-state index in [2.05, 4.69) is 15.6 Å². The molecule has 1 saturated heterocycles. The molecule has 0 aromatic heterocycles. The Labute approximate surface area is 168 Å². The molecule has 0 saturated carbocycles. The van der Waals surface area contributed by atoms with Crippen LogP contribution in [0.5, 0.6) is 0 Å². The third kappa shape index (κ3) is 4.39. The molecule has 1 amide bonds. The van der Waals surface area contributed by atoms with Crippen molar-refractivity contribution in [2.24, 2.45) is 4.99 Å². The minimum absolute atomic E-state index is 0.00603. The highest BCUT2D eigenvalue weighted by molar-refractivity contribution is 8.15. The lowest BCUT2D eigenvalue weighted by atomic mass is 10.1. The van der Waals surface area contributed by atoms with Gasteiger partial charge in [-0.2, -0.15) is 0 Å². The van der Waals surface area contributed by atoms with Crippen molar-refractivity contribution in [1.29, 1.82) is 0 Å². The number of benzene rings is 2. The van der Waals surface area contributed by atoms with E-state index in [1.165, 1.54) is 17.3 Å². The molecule has 8 heteroatoms. The van der Waals surface area contributed by atoms with Crippen molar-refractivity contribution < 1.29 is 13.2 Å². The molecule has 4 rings (SSSR count). The molecule has 6 nitrogen and oxygen atoms in total. The van der Waals surface area contributed by atoms with E-state index in [4.69, 9.17) is 0 Å². The van der Waals surface area contributed by atoms with Crippen LogP contribution < -0.4 is 10.6 Å². The van der Waals surface area contributed by atoms with Crippen molar-refractivity contribution in [3.05, 3.63) is 65.2 Å². The molecule has 2 aliphatic rings. The molecule has 2 aliphatic heterocycles. The number of aliphatic imine (C=N–C) groups is 1. The van der Waals surface area contributed by atoms with Gasteiger partial charge in [0.2, 0.25) is 0 Å². The quantitative estimate of drug-likeness (QED) is 0.802. The zero-order valence-electron chi connectivity index (χ0n) is 15.4. The maximum Gasteiger partial charge on any atom is 0.251 e. The number of nitrogens with one attached hydrogen (secondary N) is 2. The minimum atomic E-state index is -2.96. The Kier molecular flexibility index (Phi) is 5.16. The minimum Gasteiger partial charge on any atom is -0.348 e. The van der Waals surface area contributed by atoms with Gasteiger partial charge in [-0.3, -0.25) is 9.79 Å². The number of nitrogens with zero attached hydrogens (tertiary/aromatic N) is 1. The Morgan fingerprint density at radius 2 is 1.96 bits per heavy atom. The Hall–Kier alpha value is -2.32. The standard InChI is InChI=1S/C20H21N3O3S2/c1-13-5-7-14(8-6-13)10-21-19(24)15-3-2-4-16(9-15)22-20-23-17-11-28(25,26)12-18(17)27-20/h2-9,17-18H,10-12H2,1H3,(H,21,24)(H,22,23)/t17-,18-/m0/s1. The SMILES string of the molecule is Cc1ccc(CNC(=O)c2cccc(NC3=N[C@H]4CS(=O)(=O)C[C@@H]4S3)c2)cc1. The number of hydrogen-bond acceptors (Lipinski definition) is 6. The van der Waals surface area contributed by atoms with Crippen molar-refractivity contribution in [1.82, 2.24) is 5.32 Å². The van der Waals surface area contributed by atoms with E-state index in [1.807, 2.05) is 43.3 Å². The fourth-order valence-electron chi connectivity index (χ4n) is 3.27. The third-order valence-corrected chi connectivity index (χ3v) is 7.91. The molecule has 0 aliphatic carbocycles. The summed E-state index contributed by atoms with van der Waals surface area (Å²) in [5.74, 6) is 0.156. The van der Waals surface area contributed by atoms with E-state index in [0.29, 0.717) is 17.3 Å². The molecule has 0 bridgehead atoms. The highest BCUT2D eigenvalue weighted by Crippen LogP contribution is 2.34. The van der Waals surface area contributed by atoms with Crippen LogP contribution in [0, 0.1) is 6.92 Å². The first kappa shape index (κ1) is 19.0. The van der Waals surface area contributed by atoms with Crippen LogP contribution in [0.25, 0.3) is 0 Å². The average Bonchev–Trinajstić information content (AvgIpc) is 3.13. The first-order valence-electron chi connectivity index (χ1n) is 9.04. The summed E-state index contributed by atoms with van der Waals surface area (Å²) in [6.07, 6.45) is 0. The van der Waals surface area contributed by atoms with Crippen molar-refractivity contribution in [2.45, 2.75) is 24.8 Å². The first-order chi connectivity index (χ1) is 13.4. The van der Waals surface area contributed by atoms with Gasteiger partial charge in [-0.1, -0.05) is 47.7 Å². The Bertz CT molecular complexity index is 1030. The Balaban J connectivity index is 1.38. The number of amidine groups is 1. The van der Waals surface area contributed by atoms with Gasteiger partial charge in [0.1, 0.15) is 0 Å². The number of hydrogen-bond donors (Lipinski definition) is 2. The highest BCUT2D eigenvalue weighted by Gasteiger charge is 2.42. The van der Waals surface area contributed by atoms with Gasteiger partial charge in [-0.25, -0.2) is 8.42 Å². The summed E-state index contributed by atoms with van der Waals surface area (Å²) in [6, 6.07) is 15.1. The number of carbonyl (C=O) groups excluding carboxylic acids is 1. The van der Waals surface area contributed by atoms with E-state index in [1.54, 1.807) is 12.1 Å². The molecule has 0 spiro atoms. The zero-order valence-corrected chi connectivity index (χ0v) is 17.0. The average molecular weight is 416 g/mol. The maximum absolute atomic E-state index is 12.5. The van der Waals surface area contributed by atoms with Crippen molar-refractivity contribution >= 4 is 38.4 Å². The van der Waals surface area contributed by atoms with Gasteiger partial charge >= 0.3 is 0 Å². The van der Waals surface area contributed by atoms with Crippen LogP contribution in [-0.4, -0.2) is 42.3 Å². The predicted octanol–water partition coefficient (Wildman–Crippen LogP) is 2.61. The number of sulfone groups is 1. The molecule has 0 unspecified atom stereocenters. The van der Waals surface area contributed by atoms with Crippen LogP contribution in [0.4, 0.5) is 5.69 Å². The van der Waals surface area contributed by atoms with Crippen LogP contribution in [-0.2, 0) is 16.4 Å². The van der Waals surface area contributed by atoms with Gasteiger partial charge in [0, 0.05) is 23.0 Å². The number of carbonyl (C=O) groups is 1. The Morgan fingerprint density at radius 3 is 2.71 bits per heavy atom. The van der Waals surface area contributed by atoms with E-state index >= 15 is 0 Å². The molecular weight excluding hydrogens is 394 g/mol. The number of thioether (sulfide) groups is 1. The number of aryl methyl sites for hydroxylation is 1. The van der Waals surface area contributed by atoms with Crippen LogP contribution in [0.15, 0.2) is 53.5 Å². The van der Waals surface area contributed by atoms with Gasteiger partial charge in [0.05, 0.1) is 17.5 Å². The van der Waals surface area contributed by atoms with Gasteiger partial charge in [0.15, 0.2) is 15.0 Å². The van der Waals surface area contributed by atoms with E-state index in [9.17, 15) is 13.2 Å². The monoisotopic (exact) mass is 415 g/mol. The molecule has 2 N–H and O–H groups in total. The van der Waals surface area contributed by atoms with Crippen LogP contribution in [0.1, 0.15) is 21.5 Å². The van der Waals surface area contributed by atoms with Crippen molar-refractivity contribution in [2.75, 3.05) is 16.8 Å². The molecule has 146 valence electrons. The Morgan fingerprint density at radius 1 is 1.18 bits per heavy atom. The van der Waals surface area contributed by atoms with Gasteiger partial charge in [0.25, 0.3) is 5.91 Å². The fraction of sp³-hybridized carbons (Fsp3) is 0.300. The second-order valence-electron chi connectivity index (χ2n) is 7.11. The summed E-state index contributed by atoms with van der Waals surface area (Å²) in [5.41, 5.74) is 3.55. The summed E-state index contributed by atoms with van der Waals surface area (Å²) in [7, 11) is -2.96. The molecule has 0 radical (unpaired) electrons. The van der Waals surface area contributed by atoms with Crippen molar-refractivity contribution in [3.8, 4) is 0 Å². The third-order valence-electron chi connectivity index (χ3n) is 4.77. The predicted molar refractivity (Wildman–Crippen MR) is 114 cm³/mol. The number of amides is 1. The van der Waals surface area contributed by atoms with Crippen LogP contribution in [0.2, 0.25) is 0 Å². The molecule has 2 heterocycles. The summed E-state index contributed by atoms with van der Waals surface area (Å²) in [4.78, 5) is 17.0. The molecule has 28 heavy (non-hydrogen) atoms. The molecule has 2 aromatic rings. The van der Waals surface area contributed by atoms with Gasteiger partial charge < -0.3 is 10.6 Å². The first-order valence-corrected chi connectivity index (χ1v) is 11.7. The smallest absolute Gasteiger partial charge is 0.251 e. The molecular formula is C20H21N3O3S2. The van der Waals surface area contributed by atoms with Gasteiger partial charge in [-0.05, 0) is 30.7 Å². The lowest BCUT2D eigenvalue weighted by Crippen LogP contribution is -2.23. The normalized spacial score (nSPS) is 22.4. The molecule has 2 atom stereocenters. The summed E-state index contributed by atoms with van der Waals surface area (Å²) in [5, 5.41) is 6.84. The lowest BCUT2D eigenvalue weighted by molar-refractivity contribution is 0.0951. The maximum atomic E-state index is 12.5. The largest absolute Gasteiger partial charge is 0.348 e. The molecule has 2 aromatic carbocycles. The van der Waals surface area contributed by atoms with Gasteiger partial charge in [-0.15, -0.1) is 0 Å². The second-order valence-corrected chi connectivity index (χ2v) is 10.5. The molecule has 1 fully saturated rings. The van der Waals surface area contributed by atoms with Crippen LogP contribution >= 0.6 is 11.8 Å². The van der Waals surface area contributed by atoms with E-state index in [0.717, 1.165) is 11.3 Å².